The monoisotopic (exact) mass is 305 g/mol. The van der Waals surface area contributed by atoms with Gasteiger partial charge in [-0.2, -0.15) is 0 Å². The molecule has 0 saturated carbocycles. The largest absolute Gasteiger partial charge is 0.409 e. The van der Waals surface area contributed by atoms with Gasteiger partial charge in [0.25, 0.3) is 0 Å². The van der Waals surface area contributed by atoms with Crippen LogP contribution in [-0.2, 0) is 0 Å². The van der Waals surface area contributed by atoms with Crippen LogP contribution in [-0.4, -0.2) is 17.1 Å². The molecule has 0 aliphatic carbocycles. The lowest BCUT2D eigenvalue weighted by molar-refractivity contribution is 0.316. The van der Waals surface area contributed by atoms with Crippen LogP contribution < -0.4 is 11.1 Å². The first kappa shape index (κ1) is 13.1. The normalized spacial score (nSPS) is 13.6. The molecule has 0 bridgehead atoms. The van der Waals surface area contributed by atoms with Crippen molar-refractivity contribution < 1.29 is 5.21 Å². The smallest absolute Gasteiger partial charge is 0.141 e. The minimum Gasteiger partial charge on any atom is -0.409 e. The summed E-state index contributed by atoms with van der Waals surface area (Å²) in [6.45, 7) is 1.93. The quantitative estimate of drug-likeness (QED) is 0.346. The van der Waals surface area contributed by atoms with Gasteiger partial charge in [0.2, 0.25) is 0 Å². The minimum atomic E-state index is 0.0366. The first-order valence-electron chi connectivity index (χ1n) is 4.71. The van der Waals surface area contributed by atoms with E-state index in [1.165, 1.54) is 0 Å². The van der Waals surface area contributed by atoms with E-state index in [1.54, 1.807) is 6.07 Å². The fraction of sp³-hybridized carbons (Fsp3) is 0.300. The number of halogens is 2. The van der Waals surface area contributed by atoms with Crippen molar-refractivity contribution in [2.24, 2.45) is 10.9 Å². The molecule has 1 unspecified atom stereocenters. The van der Waals surface area contributed by atoms with Crippen molar-refractivity contribution in [2.45, 2.75) is 19.4 Å². The lowest BCUT2D eigenvalue weighted by atomic mass is 10.2. The molecule has 16 heavy (non-hydrogen) atoms. The summed E-state index contributed by atoms with van der Waals surface area (Å²) in [5, 5.41) is 15.2. The molecule has 0 fully saturated rings. The Kier molecular flexibility index (Phi) is 4.89. The zero-order chi connectivity index (χ0) is 12.1. The molecular formula is C10H13BrClN3O. The van der Waals surface area contributed by atoms with E-state index < -0.39 is 0 Å². The topological polar surface area (TPSA) is 70.6 Å². The molecule has 0 heterocycles. The summed E-state index contributed by atoms with van der Waals surface area (Å²) in [7, 11) is 0. The predicted molar refractivity (Wildman–Crippen MR) is 70.3 cm³/mol. The number of oxime groups is 1. The molecule has 88 valence electrons. The van der Waals surface area contributed by atoms with E-state index in [1.807, 2.05) is 19.1 Å². The van der Waals surface area contributed by atoms with Gasteiger partial charge in [-0.3, -0.25) is 0 Å². The van der Waals surface area contributed by atoms with Crippen molar-refractivity contribution in [3.05, 3.63) is 27.7 Å². The van der Waals surface area contributed by atoms with E-state index in [-0.39, 0.29) is 11.9 Å². The van der Waals surface area contributed by atoms with Crippen LogP contribution in [0.1, 0.15) is 13.3 Å². The highest BCUT2D eigenvalue weighted by Crippen LogP contribution is 2.26. The number of benzene rings is 1. The highest BCUT2D eigenvalue weighted by atomic mass is 79.9. The molecule has 1 rings (SSSR count). The van der Waals surface area contributed by atoms with Gasteiger partial charge in [-0.15, -0.1) is 0 Å². The molecule has 0 spiro atoms. The van der Waals surface area contributed by atoms with Crippen molar-refractivity contribution in [3.8, 4) is 0 Å². The lowest BCUT2D eigenvalue weighted by Crippen LogP contribution is -2.24. The van der Waals surface area contributed by atoms with Crippen LogP contribution in [0.2, 0.25) is 5.02 Å². The molecular weight excluding hydrogens is 293 g/mol. The average Bonchev–Trinajstić information content (AvgIpc) is 2.22. The molecule has 0 saturated heterocycles. The van der Waals surface area contributed by atoms with E-state index >= 15 is 0 Å². The Bertz CT molecular complexity index is 398. The van der Waals surface area contributed by atoms with Gasteiger partial charge in [0.1, 0.15) is 5.84 Å². The number of rotatable bonds is 4. The van der Waals surface area contributed by atoms with Crippen LogP contribution in [0.25, 0.3) is 0 Å². The Balaban J connectivity index is 2.66. The maximum absolute atomic E-state index is 8.44. The van der Waals surface area contributed by atoms with Gasteiger partial charge in [-0.25, -0.2) is 0 Å². The summed E-state index contributed by atoms with van der Waals surface area (Å²) in [4.78, 5) is 0. The molecule has 1 atom stereocenters. The van der Waals surface area contributed by atoms with Crippen LogP contribution in [0.3, 0.4) is 0 Å². The number of nitrogens with one attached hydrogen (secondary N) is 1. The average molecular weight is 307 g/mol. The number of hydrogen-bond donors (Lipinski definition) is 3. The second-order valence-corrected chi connectivity index (χ2v) is 4.79. The van der Waals surface area contributed by atoms with E-state index in [2.05, 4.69) is 26.4 Å². The Labute approximate surface area is 108 Å². The summed E-state index contributed by atoms with van der Waals surface area (Å²) in [6.07, 6.45) is 0.447. The van der Waals surface area contributed by atoms with Gasteiger partial charge < -0.3 is 16.3 Å². The maximum atomic E-state index is 8.44. The first-order valence-corrected chi connectivity index (χ1v) is 5.88. The van der Waals surface area contributed by atoms with Gasteiger partial charge in [-0.05, 0) is 25.1 Å². The van der Waals surface area contributed by atoms with E-state index in [0.29, 0.717) is 11.4 Å². The summed E-state index contributed by atoms with van der Waals surface area (Å²) in [5.41, 5.74) is 6.23. The van der Waals surface area contributed by atoms with Crippen molar-refractivity contribution in [1.82, 2.24) is 0 Å². The van der Waals surface area contributed by atoms with Crippen LogP contribution in [0.5, 0.6) is 0 Å². The van der Waals surface area contributed by atoms with Gasteiger partial charge in [0, 0.05) is 16.9 Å². The Morgan fingerprint density at radius 3 is 2.94 bits per heavy atom. The number of nitrogens with zero attached hydrogens (tertiary/aromatic N) is 1. The number of anilines is 1. The SMILES string of the molecule is CC(CC(N)=NO)Nc1ccc(Br)cc1Cl. The van der Waals surface area contributed by atoms with E-state index in [0.717, 1.165) is 10.2 Å². The molecule has 4 N–H and O–H groups in total. The second-order valence-electron chi connectivity index (χ2n) is 3.47. The molecule has 0 aliphatic heterocycles. The fourth-order valence-corrected chi connectivity index (χ4v) is 2.01. The number of hydrogen-bond acceptors (Lipinski definition) is 3. The Morgan fingerprint density at radius 1 is 1.69 bits per heavy atom. The zero-order valence-corrected chi connectivity index (χ0v) is 11.1. The van der Waals surface area contributed by atoms with E-state index in [4.69, 9.17) is 22.5 Å². The highest BCUT2D eigenvalue weighted by molar-refractivity contribution is 9.10. The molecule has 4 nitrogen and oxygen atoms in total. The summed E-state index contributed by atoms with van der Waals surface area (Å²) in [6, 6.07) is 5.61. The zero-order valence-electron chi connectivity index (χ0n) is 8.74. The van der Waals surface area contributed by atoms with Crippen molar-refractivity contribution >= 4 is 39.1 Å². The van der Waals surface area contributed by atoms with Gasteiger partial charge >= 0.3 is 0 Å². The van der Waals surface area contributed by atoms with Crippen LogP contribution in [0.15, 0.2) is 27.8 Å². The lowest BCUT2D eigenvalue weighted by Gasteiger charge is -2.15. The van der Waals surface area contributed by atoms with Gasteiger partial charge in [0.05, 0.1) is 10.7 Å². The second kappa shape index (κ2) is 5.96. The number of nitrogens with two attached hydrogens (primary N) is 1. The highest BCUT2D eigenvalue weighted by Gasteiger charge is 2.07. The molecule has 0 aliphatic rings. The van der Waals surface area contributed by atoms with Crippen molar-refractivity contribution in [3.63, 3.8) is 0 Å². The third kappa shape index (κ3) is 3.90. The summed E-state index contributed by atoms with van der Waals surface area (Å²) in [5.74, 6) is 0.188. The van der Waals surface area contributed by atoms with Crippen molar-refractivity contribution in [1.29, 1.82) is 0 Å². The Morgan fingerprint density at radius 2 is 2.38 bits per heavy atom. The van der Waals surface area contributed by atoms with Gasteiger partial charge in [-0.1, -0.05) is 32.7 Å². The maximum Gasteiger partial charge on any atom is 0.141 e. The molecule has 0 aromatic heterocycles. The molecule has 0 amide bonds. The predicted octanol–water partition coefficient (Wildman–Crippen LogP) is 3.04. The van der Waals surface area contributed by atoms with Crippen LogP contribution in [0.4, 0.5) is 5.69 Å². The Hall–Kier alpha value is -0.940. The minimum absolute atomic E-state index is 0.0366. The first-order chi connectivity index (χ1) is 7.52. The molecule has 0 radical (unpaired) electrons. The third-order valence-electron chi connectivity index (χ3n) is 1.98. The number of amidine groups is 1. The van der Waals surface area contributed by atoms with Crippen LogP contribution >= 0.6 is 27.5 Å². The van der Waals surface area contributed by atoms with E-state index in [9.17, 15) is 0 Å². The van der Waals surface area contributed by atoms with Crippen LogP contribution in [0, 0.1) is 0 Å². The summed E-state index contributed by atoms with van der Waals surface area (Å²) >= 11 is 9.37. The molecule has 1 aromatic carbocycles. The molecule has 6 heteroatoms. The van der Waals surface area contributed by atoms with Gasteiger partial charge in [0.15, 0.2) is 0 Å². The fourth-order valence-electron chi connectivity index (χ4n) is 1.28. The third-order valence-corrected chi connectivity index (χ3v) is 2.78. The van der Waals surface area contributed by atoms with Crippen molar-refractivity contribution in [2.75, 3.05) is 5.32 Å². The summed E-state index contributed by atoms with van der Waals surface area (Å²) < 4.78 is 0.923. The standard InChI is InChI=1S/C10H13BrClN3O/c1-6(4-10(13)15-16)14-9-3-2-7(11)5-8(9)12/h2-3,5-6,14,16H,4H2,1H3,(H2,13,15). The molecule has 1 aromatic rings.